The van der Waals surface area contributed by atoms with Crippen LogP contribution in [0.2, 0.25) is 0 Å². The summed E-state index contributed by atoms with van der Waals surface area (Å²) in [5, 5.41) is 0. The Hall–Kier alpha value is -2.54. The maximum absolute atomic E-state index is 12.5. The molecule has 7 heteroatoms. The van der Waals surface area contributed by atoms with Crippen molar-refractivity contribution in [3.05, 3.63) is 51.7 Å². The maximum atomic E-state index is 12.5. The number of imidazole rings is 1. The molecule has 0 bridgehead atoms. The van der Waals surface area contributed by atoms with E-state index in [1.54, 1.807) is 31.2 Å². The van der Waals surface area contributed by atoms with Gasteiger partial charge in [-0.1, -0.05) is 31.3 Å². The summed E-state index contributed by atoms with van der Waals surface area (Å²) in [4.78, 5) is 36.7. The molecule has 1 aromatic heterocycles. The fourth-order valence-electron chi connectivity index (χ4n) is 2.68. The zero-order valence-electron chi connectivity index (χ0n) is 14.0. The average molecular weight is 346 g/mol. The van der Waals surface area contributed by atoms with Crippen LogP contribution in [0.3, 0.4) is 0 Å². The molecule has 0 aliphatic heterocycles. The van der Waals surface area contributed by atoms with Crippen molar-refractivity contribution >= 4 is 28.9 Å². The predicted molar refractivity (Wildman–Crippen MR) is 94.5 cm³/mol. The zero-order valence-corrected chi connectivity index (χ0v) is 14.8. The molecule has 0 amide bonds. The lowest BCUT2D eigenvalue weighted by Crippen LogP contribution is -2.31. The average Bonchev–Trinajstić information content (AvgIpc) is 2.86. The minimum atomic E-state index is -0.695. The molecular weight excluding hydrogens is 328 g/mol. The molecule has 0 spiro atoms. The summed E-state index contributed by atoms with van der Waals surface area (Å²) in [6, 6.07) is 7.07. The van der Waals surface area contributed by atoms with E-state index < -0.39 is 17.5 Å². The van der Waals surface area contributed by atoms with Gasteiger partial charge >= 0.3 is 5.69 Å². The Morgan fingerprint density at radius 2 is 1.71 bits per heavy atom. The Morgan fingerprint density at radius 3 is 2.21 bits per heavy atom. The van der Waals surface area contributed by atoms with E-state index in [1.807, 2.05) is 0 Å². The second-order valence-electron chi connectivity index (χ2n) is 5.17. The fourth-order valence-corrected chi connectivity index (χ4v) is 3.06. The minimum absolute atomic E-state index is 0.268. The van der Waals surface area contributed by atoms with Crippen molar-refractivity contribution in [2.75, 3.05) is 7.11 Å². The zero-order chi connectivity index (χ0) is 18.0. The molecule has 0 saturated carbocycles. The normalized spacial score (nSPS) is 10.5. The number of methoxy groups -OCH3 is 1. The van der Waals surface area contributed by atoms with Gasteiger partial charge < -0.3 is 4.74 Å². The summed E-state index contributed by atoms with van der Waals surface area (Å²) in [6.07, 6.45) is 0.375. The van der Waals surface area contributed by atoms with Crippen molar-refractivity contribution in [3.8, 4) is 5.75 Å². The second-order valence-corrected chi connectivity index (χ2v) is 5.58. The first-order valence-electron chi connectivity index (χ1n) is 7.41. The van der Waals surface area contributed by atoms with Crippen molar-refractivity contribution in [2.24, 2.45) is 0 Å². The van der Waals surface area contributed by atoms with Crippen molar-refractivity contribution in [3.63, 3.8) is 0 Å². The van der Waals surface area contributed by atoms with Crippen LogP contribution in [0.5, 0.6) is 5.75 Å². The Kier molecular flexibility index (Phi) is 5.14. The number of para-hydroxylation sites is 1. The number of ether oxygens (including phenoxy) is 1. The van der Waals surface area contributed by atoms with Gasteiger partial charge in [-0.2, -0.15) is 0 Å². The molecule has 1 heterocycles. The summed E-state index contributed by atoms with van der Waals surface area (Å²) in [5.41, 5.74) is 0.572. The molecule has 126 valence electrons. The lowest BCUT2D eigenvalue weighted by atomic mass is 10.1. The summed E-state index contributed by atoms with van der Waals surface area (Å²) < 4.78 is 7.26. The van der Waals surface area contributed by atoms with Gasteiger partial charge in [0.15, 0.2) is 0 Å². The number of hydrogen-bond acceptors (Lipinski definition) is 5. The van der Waals surface area contributed by atoms with Crippen LogP contribution in [-0.4, -0.2) is 32.9 Å². The maximum Gasteiger partial charge on any atom is 0.342 e. The van der Waals surface area contributed by atoms with Gasteiger partial charge in [0.25, 0.3) is 0 Å². The molecule has 0 N–H and O–H groups in total. The van der Waals surface area contributed by atoms with E-state index in [0.717, 1.165) is 9.13 Å². The quantitative estimate of drug-likeness (QED) is 0.628. The highest BCUT2D eigenvalue weighted by atomic mass is 32.1. The van der Waals surface area contributed by atoms with Gasteiger partial charge in [-0.15, -0.1) is 0 Å². The number of carbonyl (C=O) groups is 2. The van der Waals surface area contributed by atoms with Crippen LogP contribution in [0.1, 0.15) is 47.3 Å². The standard InChI is InChI=1S/C17H18N2O4S/c1-5-13-15(16(24)12-8-6-7-9-14(12)23-4)19(11(3)21)17(22)18(13)10(2)20/h6-9H,5H2,1-4H3. The van der Waals surface area contributed by atoms with Crippen LogP contribution >= 0.6 is 12.2 Å². The first kappa shape index (κ1) is 17.8. The molecule has 2 rings (SSSR count). The van der Waals surface area contributed by atoms with Crippen molar-refractivity contribution in [1.82, 2.24) is 9.13 Å². The number of nitrogens with zero attached hydrogens (tertiary/aromatic N) is 2. The number of aromatic nitrogens is 2. The third kappa shape index (κ3) is 2.82. The van der Waals surface area contributed by atoms with Gasteiger partial charge in [0.2, 0.25) is 11.8 Å². The third-order valence-corrected chi connectivity index (χ3v) is 4.09. The van der Waals surface area contributed by atoms with Crippen LogP contribution in [0.15, 0.2) is 29.1 Å². The summed E-state index contributed by atoms with van der Waals surface area (Å²) in [6.45, 7) is 4.34. The molecule has 2 aromatic rings. The van der Waals surface area contributed by atoms with E-state index >= 15 is 0 Å². The van der Waals surface area contributed by atoms with Crippen LogP contribution in [0, 0.1) is 0 Å². The summed E-state index contributed by atoms with van der Waals surface area (Å²) >= 11 is 5.54. The Balaban J connectivity index is 2.85. The van der Waals surface area contributed by atoms with E-state index in [2.05, 4.69) is 0 Å². The highest BCUT2D eigenvalue weighted by molar-refractivity contribution is 7.81. The predicted octanol–water partition coefficient (Wildman–Crippen LogP) is 2.31. The number of benzene rings is 1. The van der Waals surface area contributed by atoms with Crippen molar-refractivity contribution in [2.45, 2.75) is 27.2 Å². The highest BCUT2D eigenvalue weighted by Gasteiger charge is 2.27. The molecule has 0 aliphatic carbocycles. The summed E-state index contributed by atoms with van der Waals surface area (Å²) in [7, 11) is 1.51. The smallest absolute Gasteiger partial charge is 0.342 e. The molecule has 0 saturated heterocycles. The van der Waals surface area contributed by atoms with Gasteiger partial charge in [0, 0.05) is 19.4 Å². The molecule has 0 radical (unpaired) electrons. The molecular formula is C17H18N2O4S. The molecule has 24 heavy (non-hydrogen) atoms. The van der Waals surface area contributed by atoms with Crippen molar-refractivity contribution in [1.29, 1.82) is 0 Å². The molecule has 1 aromatic carbocycles. The molecule has 0 unspecified atom stereocenters. The van der Waals surface area contributed by atoms with Gasteiger partial charge in [-0.25, -0.2) is 13.9 Å². The Bertz CT molecular complexity index is 892. The molecule has 0 fully saturated rings. The van der Waals surface area contributed by atoms with E-state index in [9.17, 15) is 14.4 Å². The molecule has 6 nitrogen and oxygen atoms in total. The van der Waals surface area contributed by atoms with E-state index in [1.165, 1.54) is 21.0 Å². The highest BCUT2D eigenvalue weighted by Crippen LogP contribution is 2.24. The van der Waals surface area contributed by atoms with E-state index in [0.29, 0.717) is 23.4 Å². The number of rotatable bonds is 4. The Morgan fingerprint density at radius 1 is 1.12 bits per heavy atom. The lowest BCUT2D eigenvalue weighted by Gasteiger charge is -2.12. The third-order valence-electron chi connectivity index (χ3n) is 3.68. The minimum Gasteiger partial charge on any atom is -0.496 e. The monoisotopic (exact) mass is 346 g/mol. The van der Waals surface area contributed by atoms with Crippen LogP contribution < -0.4 is 10.4 Å². The SMILES string of the molecule is CCc1c(C(=S)c2ccccc2OC)n(C(C)=O)c(=O)n1C(C)=O. The van der Waals surface area contributed by atoms with Crippen LogP contribution in [0.4, 0.5) is 0 Å². The molecule has 0 aliphatic rings. The van der Waals surface area contributed by atoms with Gasteiger partial charge in [-0.3, -0.25) is 9.59 Å². The topological polar surface area (TPSA) is 70.3 Å². The second kappa shape index (κ2) is 6.92. The van der Waals surface area contributed by atoms with Crippen molar-refractivity contribution < 1.29 is 14.3 Å². The first-order chi connectivity index (χ1) is 11.3. The van der Waals surface area contributed by atoms with E-state index in [-0.39, 0.29) is 10.6 Å². The molecule has 0 atom stereocenters. The lowest BCUT2D eigenvalue weighted by molar-refractivity contribution is 0.0919. The van der Waals surface area contributed by atoms with Gasteiger partial charge in [-0.05, 0) is 18.6 Å². The van der Waals surface area contributed by atoms with Crippen LogP contribution in [-0.2, 0) is 6.42 Å². The van der Waals surface area contributed by atoms with Gasteiger partial charge in [0.05, 0.1) is 23.4 Å². The number of hydrogen-bond donors (Lipinski definition) is 0. The Labute approximate surface area is 144 Å². The fraction of sp³-hybridized carbons (Fsp3) is 0.294. The van der Waals surface area contributed by atoms with E-state index in [4.69, 9.17) is 17.0 Å². The van der Waals surface area contributed by atoms with Crippen LogP contribution in [0.25, 0.3) is 0 Å². The summed E-state index contributed by atoms with van der Waals surface area (Å²) in [5.74, 6) is -0.425. The van der Waals surface area contributed by atoms with Gasteiger partial charge in [0.1, 0.15) is 5.75 Å². The largest absolute Gasteiger partial charge is 0.496 e. The number of thiocarbonyl (C=S) groups is 1. The first-order valence-corrected chi connectivity index (χ1v) is 7.82. The number of carbonyl (C=O) groups excluding carboxylic acids is 2.